The first kappa shape index (κ1) is 31.8. The van der Waals surface area contributed by atoms with Crippen molar-refractivity contribution in [3.8, 4) is 22.3 Å². The normalized spacial score (nSPS) is 16.3. The van der Waals surface area contributed by atoms with Crippen molar-refractivity contribution in [3.05, 3.63) is 121 Å². The number of hydrogen-bond donors (Lipinski definition) is 0. The minimum Gasteiger partial charge on any atom is -0.455 e. The second-order valence-corrected chi connectivity index (χ2v) is 16.2. The SMILES string of the molecule is CC1CCN(c2ccc3cc4c(cc3c2)oc2c(-c3ccccc3)c(-c3ccccc3)c3oc5cc6cc(N7CCC(C)CC7)ccc6cc5c3c24)CC1. The van der Waals surface area contributed by atoms with E-state index in [2.05, 4.69) is 145 Å². The summed E-state index contributed by atoms with van der Waals surface area (Å²) in [5.41, 5.74) is 10.6. The summed E-state index contributed by atoms with van der Waals surface area (Å²) < 4.78 is 14.3. The van der Waals surface area contributed by atoms with Gasteiger partial charge in [0.05, 0.1) is 0 Å². The Morgan fingerprint density at radius 1 is 0.444 bits per heavy atom. The summed E-state index contributed by atoms with van der Waals surface area (Å²) in [5, 5.41) is 9.34. The van der Waals surface area contributed by atoms with E-state index >= 15 is 0 Å². The van der Waals surface area contributed by atoms with Gasteiger partial charge >= 0.3 is 0 Å². The van der Waals surface area contributed by atoms with Gasteiger partial charge in [-0.1, -0.05) is 86.6 Å². The van der Waals surface area contributed by atoms with Gasteiger partial charge in [-0.15, -0.1) is 0 Å². The first-order chi connectivity index (χ1) is 26.6. The van der Waals surface area contributed by atoms with E-state index in [0.29, 0.717) is 0 Å². The lowest BCUT2D eigenvalue weighted by molar-refractivity contribution is 0.438. The van der Waals surface area contributed by atoms with Gasteiger partial charge < -0.3 is 18.6 Å². The number of hydrogen-bond acceptors (Lipinski definition) is 4. The van der Waals surface area contributed by atoms with Gasteiger partial charge in [0.2, 0.25) is 0 Å². The fraction of sp³-hybridized carbons (Fsp3) is 0.240. The van der Waals surface area contributed by atoms with Crippen LogP contribution in [0.3, 0.4) is 0 Å². The summed E-state index contributed by atoms with van der Waals surface area (Å²) in [6.45, 7) is 9.20. The molecule has 0 unspecified atom stereocenters. The maximum Gasteiger partial charge on any atom is 0.144 e. The Morgan fingerprint density at radius 3 is 1.26 bits per heavy atom. The minimum atomic E-state index is 0.798. The van der Waals surface area contributed by atoms with Gasteiger partial charge in [0.15, 0.2) is 0 Å². The van der Waals surface area contributed by atoms with Gasteiger partial charge in [-0.05, 0) is 119 Å². The lowest BCUT2D eigenvalue weighted by Crippen LogP contribution is -2.32. The topological polar surface area (TPSA) is 32.8 Å². The highest BCUT2D eigenvalue weighted by Crippen LogP contribution is 2.51. The lowest BCUT2D eigenvalue weighted by Gasteiger charge is -2.32. The van der Waals surface area contributed by atoms with Crippen molar-refractivity contribution < 1.29 is 8.83 Å². The Bertz CT molecular complexity index is 2670. The molecule has 0 atom stereocenters. The van der Waals surface area contributed by atoms with E-state index in [-0.39, 0.29) is 0 Å². The zero-order chi connectivity index (χ0) is 35.9. The van der Waals surface area contributed by atoms with E-state index < -0.39 is 0 Å². The number of furan rings is 2. The van der Waals surface area contributed by atoms with Crippen molar-refractivity contribution in [2.45, 2.75) is 39.5 Å². The molecule has 0 amide bonds. The predicted molar refractivity (Wildman–Crippen MR) is 228 cm³/mol. The highest BCUT2D eigenvalue weighted by atomic mass is 16.3. The number of nitrogens with zero attached hydrogens (tertiary/aromatic N) is 2. The molecule has 7 aromatic carbocycles. The van der Waals surface area contributed by atoms with Crippen molar-refractivity contribution in [2.75, 3.05) is 36.0 Å². The molecule has 266 valence electrons. The van der Waals surface area contributed by atoms with Crippen molar-refractivity contribution in [1.29, 1.82) is 0 Å². The van der Waals surface area contributed by atoms with E-state index in [4.69, 9.17) is 8.83 Å². The molecule has 0 spiro atoms. The molecule has 2 aliphatic heterocycles. The Kier molecular flexibility index (Phi) is 7.30. The zero-order valence-corrected chi connectivity index (χ0v) is 31.1. The second-order valence-electron chi connectivity index (χ2n) is 16.2. The van der Waals surface area contributed by atoms with Crippen molar-refractivity contribution in [1.82, 2.24) is 0 Å². The van der Waals surface area contributed by atoms with E-state index in [1.54, 1.807) is 0 Å². The van der Waals surface area contributed by atoms with Crippen LogP contribution in [0.4, 0.5) is 11.4 Å². The first-order valence-corrected chi connectivity index (χ1v) is 19.9. The van der Waals surface area contributed by atoms with Gasteiger partial charge in [0.1, 0.15) is 22.3 Å². The average molecular weight is 705 g/mol. The molecule has 0 radical (unpaired) electrons. The summed E-state index contributed by atoms with van der Waals surface area (Å²) in [7, 11) is 0. The van der Waals surface area contributed by atoms with Crippen LogP contribution in [0.1, 0.15) is 39.5 Å². The van der Waals surface area contributed by atoms with Crippen LogP contribution in [0.25, 0.3) is 87.7 Å². The molecule has 0 bridgehead atoms. The highest BCUT2D eigenvalue weighted by molar-refractivity contribution is 6.33. The molecule has 0 aliphatic carbocycles. The summed E-state index contributed by atoms with van der Waals surface area (Å²) in [6.07, 6.45) is 4.98. The van der Waals surface area contributed by atoms with Crippen LogP contribution in [0, 0.1) is 11.8 Å². The largest absolute Gasteiger partial charge is 0.455 e. The summed E-state index contributed by atoms with van der Waals surface area (Å²) >= 11 is 0. The molecule has 4 heteroatoms. The van der Waals surface area contributed by atoms with Crippen molar-refractivity contribution in [3.63, 3.8) is 0 Å². The molecule has 11 rings (SSSR count). The molecule has 54 heavy (non-hydrogen) atoms. The second kappa shape index (κ2) is 12.4. The monoisotopic (exact) mass is 704 g/mol. The molecule has 2 saturated heterocycles. The Morgan fingerprint density at radius 2 is 0.852 bits per heavy atom. The smallest absolute Gasteiger partial charge is 0.144 e. The minimum absolute atomic E-state index is 0.798. The molecule has 0 N–H and O–H groups in total. The standard InChI is InChI=1S/C50H44N2O2/c1-31-17-21-51(22-18-31)39-15-13-35-27-41-43(29-37(35)25-39)53-49-45(33-9-5-3-6-10-33)46(34-11-7-4-8-12-34)50-48(47(41)49)42-28-36-14-16-40(26-38(36)30-44(42)54-50)52-23-19-32(2)20-24-52/h3-16,25-32H,17-24H2,1-2H3. The van der Waals surface area contributed by atoms with Crippen molar-refractivity contribution >= 4 is 76.8 Å². The van der Waals surface area contributed by atoms with Gasteiger partial charge in [0, 0.05) is 70.2 Å². The molecular weight excluding hydrogens is 661 g/mol. The lowest BCUT2D eigenvalue weighted by atomic mass is 9.89. The third-order valence-electron chi connectivity index (χ3n) is 12.6. The fourth-order valence-corrected chi connectivity index (χ4v) is 9.42. The van der Waals surface area contributed by atoms with E-state index in [1.165, 1.54) is 58.6 Å². The third kappa shape index (κ3) is 5.10. The maximum atomic E-state index is 7.15. The molecule has 2 fully saturated rings. The highest BCUT2D eigenvalue weighted by Gasteiger charge is 2.27. The van der Waals surface area contributed by atoms with Gasteiger partial charge in [-0.3, -0.25) is 0 Å². The van der Waals surface area contributed by atoms with E-state index in [1.807, 2.05) is 0 Å². The van der Waals surface area contributed by atoms with Crippen LogP contribution in [0.15, 0.2) is 130 Å². The molecule has 4 heterocycles. The summed E-state index contributed by atoms with van der Waals surface area (Å²) in [6, 6.07) is 44.6. The quantitative estimate of drug-likeness (QED) is 0.183. The van der Waals surface area contributed by atoms with Crippen LogP contribution in [-0.2, 0) is 0 Å². The maximum absolute atomic E-state index is 7.15. The number of benzene rings is 7. The first-order valence-electron chi connectivity index (χ1n) is 19.9. The van der Waals surface area contributed by atoms with E-state index in [9.17, 15) is 0 Å². The van der Waals surface area contributed by atoms with Gasteiger partial charge in [0.25, 0.3) is 0 Å². The molecule has 4 nitrogen and oxygen atoms in total. The zero-order valence-electron chi connectivity index (χ0n) is 31.1. The molecule has 9 aromatic rings. The third-order valence-corrected chi connectivity index (χ3v) is 12.6. The van der Waals surface area contributed by atoms with Crippen LogP contribution in [0.2, 0.25) is 0 Å². The molecule has 0 saturated carbocycles. The number of fused-ring (bicyclic) bond motifs is 9. The summed E-state index contributed by atoms with van der Waals surface area (Å²) in [5.74, 6) is 1.60. The number of rotatable bonds is 4. The van der Waals surface area contributed by atoms with Crippen LogP contribution in [-0.4, -0.2) is 26.2 Å². The van der Waals surface area contributed by atoms with E-state index in [0.717, 1.165) is 104 Å². The molecule has 2 aromatic heterocycles. The number of piperidine rings is 2. The van der Waals surface area contributed by atoms with Crippen LogP contribution in [0.5, 0.6) is 0 Å². The van der Waals surface area contributed by atoms with Crippen LogP contribution >= 0.6 is 0 Å². The van der Waals surface area contributed by atoms with Crippen LogP contribution < -0.4 is 9.80 Å². The Balaban J connectivity index is 1.21. The Labute approximate surface area is 315 Å². The predicted octanol–water partition coefficient (Wildman–Crippen LogP) is 13.6. The molecule has 2 aliphatic rings. The fourth-order valence-electron chi connectivity index (χ4n) is 9.42. The molecular formula is C50H44N2O2. The average Bonchev–Trinajstić information content (AvgIpc) is 3.76. The Hall–Kier alpha value is -5.74. The van der Waals surface area contributed by atoms with Gasteiger partial charge in [-0.25, -0.2) is 0 Å². The van der Waals surface area contributed by atoms with Gasteiger partial charge in [-0.2, -0.15) is 0 Å². The summed E-state index contributed by atoms with van der Waals surface area (Å²) in [4.78, 5) is 5.09. The number of anilines is 2. The van der Waals surface area contributed by atoms with Crippen molar-refractivity contribution in [2.24, 2.45) is 11.8 Å².